The van der Waals surface area contributed by atoms with Gasteiger partial charge in [0.05, 0.1) is 32.0 Å². The summed E-state index contributed by atoms with van der Waals surface area (Å²) in [4.78, 5) is 34.1. The molecule has 0 aliphatic heterocycles. The number of anilines is 1. The lowest BCUT2D eigenvalue weighted by Crippen LogP contribution is -2.50. The van der Waals surface area contributed by atoms with E-state index < -0.39 is 6.04 Å². The first kappa shape index (κ1) is 28.7. The van der Waals surface area contributed by atoms with Crippen molar-refractivity contribution >= 4 is 39.9 Å². The van der Waals surface area contributed by atoms with E-state index in [1.54, 1.807) is 48.1 Å². The number of rotatable bonds is 11. The van der Waals surface area contributed by atoms with Crippen molar-refractivity contribution < 1.29 is 19.1 Å². The third-order valence-electron chi connectivity index (χ3n) is 6.86. The Morgan fingerprint density at radius 3 is 2.29 bits per heavy atom. The summed E-state index contributed by atoms with van der Waals surface area (Å²) in [7, 11) is 3.21. The van der Waals surface area contributed by atoms with Gasteiger partial charge in [-0.2, -0.15) is 0 Å². The van der Waals surface area contributed by atoms with Crippen molar-refractivity contribution in [3.63, 3.8) is 0 Å². The second kappa shape index (κ2) is 12.8. The quantitative estimate of drug-likeness (QED) is 0.225. The Hall–Kier alpha value is -4.77. The van der Waals surface area contributed by atoms with Gasteiger partial charge < -0.3 is 19.7 Å². The summed E-state index contributed by atoms with van der Waals surface area (Å²) in [5.74, 6) is 0.686. The topological polar surface area (TPSA) is 111 Å². The van der Waals surface area contributed by atoms with Crippen LogP contribution in [0.25, 0.3) is 22.3 Å². The van der Waals surface area contributed by atoms with E-state index in [2.05, 4.69) is 15.6 Å². The molecule has 5 rings (SSSR count). The third kappa shape index (κ3) is 6.41. The average molecular weight is 585 g/mol. The van der Waals surface area contributed by atoms with Crippen LogP contribution in [0.4, 0.5) is 5.69 Å². The maximum Gasteiger partial charge on any atom is 0.247 e. The minimum Gasteiger partial charge on any atom is -0.497 e. The van der Waals surface area contributed by atoms with Crippen LogP contribution in [0.1, 0.15) is 18.9 Å². The first-order valence-electron chi connectivity index (χ1n) is 13.5. The second-order valence-electron chi connectivity index (χ2n) is 10.0. The van der Waals surface area contributed by atoms with Gasteiger partial charge in [-0.25, -0.2) is 9.67 Å². The smallest absolute Gasteiger partial charge is 0.247 e. The van der Waals surface area contributed by atoms with Crippen LogP contribution in [0.15, 0.2) is 78.2 Å². The highest BCUT2D eigenvalue weighted by molar-refractivity contribution is 7.09. The molecule has 2 aromatic heterocycles. The molecule has 42 heavy (non-hydrogen) atoms. The Kier molecular flexibility index (Phi) is 8.77. The summed E-state index contributed by atoms with van der Waals surface area (Å²) in [6.45, 7) is 3.93. The van der Waals surface area contributed by atoms with Crippen LogP contribution in [0.2, 0.25) is 0 Å². The predicted molar refractivity (Wildman–Crippen MR) is 162 cm³/mol. The fourth-order valence-electron chi connectivity index (χ4n) is 4.71. The maximum atomic E-state index is 14.0. The van der Waals surface area contributed by atoms with Crippen molar-refractivity contribution in [2.24, 2.45) is 5.92 Å². The standard InChI is InChI=1S/C31H32N6O4S/c1-20(2)30(31(39)32-22-11-15-24(41-4)16-12-22)36(29(38)18-37-27-8-6-5-7-25(27)34-35-37)17-28-33-26(19-42-28)21-9-13-23(40-3)14-10-21/h5-16,19-20,30H,17-18H2,1-4H3,(H,32,39). The predicted octanol–water partition coefficient (Wildman–Crippen LogP) is 5.26. The molecule has 1 unspecified atom stereocenters. The summed E-state index contributed by atoms with van der Waals surface area (Å²) in [5, 5.41) is 14.0. The number of hydrogen-bond acceptors (Lipinski definition) is 8. The van der Waals surface area contributed by atoms with Gasteiger partial charge in [0.15, 0.2) is 0 Å². The number of amides is 2. The van der Waals surface area contributed by atoms with Crippen molar-refractivity contribution in [3.8, 4) is 22.8 Å². The minimum absolute atomic E-state index is 0.0732. The van der Waals surface area contributed by atoms with Gasteiger partial charge in [0.1, 0.15) is 34.6 Å². The lowest BCUT2D eigenvalue weighted by Gasteiger charge is -2.33. The molecule has 2 heterocycles. The summed E-state index contributed by atoms with van der Waals surface area (Å²) in [6.07, 6.45) is 0. The van der Waals surface area contributed by atoms with E-state index in [0.29, 0.717) is 22.0 Å². The number of carbonyl (C=O) groups is 2. The molecule has 10 nitrogen and oxygen atoms in total. The monoisotopic (exact) mass is 584 g/mol. The van der Waals surface area contributed by atoms with E-state index in [1.165, 1.54) is 11.3 Å². The van der Waals surface area contributed by atoms with Gasteiger partial charge in [0, 0.05) is 16.6 Å². The number of hydrogen-bond donors (Lipinski definition) is 1. The number of aromatic nitrogens is 4. The van der Waals surface area contributed by atoms with Crippen molar-refractivity contribution in [1.82, 2.24) is 24.9 Å². The van der Waals surface area contributed by atoms with Gasteiger partial charge in [-0.1, -0.05) is 31.2 Å². The minimum atomic E-state index is -0.775. The lowest BCUT2D eigenvalue weighted by atomic mass is 10.0. The number of fused-ring (bicyclic) bond motifs is 1. The van der Waals surface area contributed by atoms with Crippen LogP contribution < -0.4 is 14.8 Å². The SMILES string of the molecule is COc1ccc(NC(=O)C(C(C)C)N(Cc2nc(-c3ccc(OC)cc3)cs2)C(=O)Cn2nnc3ccccc32)cc1. The van der Waals surface area contributed by atoms with Gasteiger partial charge in [0.25, 0.3) is 0 Å². The van der Waals surface area contributed by atoms with Crippen molar-refractivity contribution in [2.75, 3.05) is 19.5 Å². The van der Waals surface area contributed by atoms with Gasteiger partial charge >= 0.3 is 0 Å². The normalized spacial score (nSPS) is 11.8. The number of methoxy groups -OCH3 is 2. The first-order valence-corrected chi connectivity index (χ1v) is 14.4. The molecule has 0 aliphatic carbocycles. The number of ether oxygens (including phenoxy) is 2. The Balaban J connectivity index is 1.44. The lowest BCUT2D eigenvalue weighted by molar-refractivity contribution is -0.141. The molecule has 1 atom stereocenters. The molecule has 0 radical (unpaired) electrons. The van der Waals surface area contributed by atoms with E-state index in [9.17, 15) is 9.59 Å². The van der Waals surface area contributed by atoms with Gasteiger partial charge in [-0.3, -0.25) is 9.59 Å². The van der Waals surface area contributed by atoms with Crippen molar-refractivity contribution in [2.45, 2.75) is 33.0 Å². The Morgan fingerprint density at radius 2 is 1.62 bits per heavy atom. The number of nitrogens with zero attached hydrogens (tertiary/aromatic N) is 5. The Bertz CT molecular complexity index is 1660. The van der Waals surface area contributed by atoms with E-state index in [4.69, 9.17) is 14.5 Å². The van der Waals surface area contributed by atoms with E-state index >= 15 is 0 Å². The van der Waals surface area contributed by atoms with Crippen LogP contribution in [0.5, 0.6) is 11.5 Å². The molecule has 0 fully saturated rings. The molecule has 5 aromatic rings. The van der Waals surface area contributed by atoms with Crippen LogP contribution in [-0.4, -0.2) is 57.0 Å². The molecule has 3 aromatic carbocycles. The molecule has 11 heteroatoms. The second-order valence-corrected chi connectivity index (χ2v) is 11.0. The van der Waals surface area contributed by atoms with E-state index in [1.807, 2.05) is 67.8 Å². The number of carbonyl (C=O) groups excluding carboxylic acids is 2. The number of benzene rings is 3. The third-order valence-corrected chi connectivity index (χ3v) is 7.70. The summed E-state index contributed by atoms with van der Waals surface area (Å²) in [5.41, 5.74) is 3.76. The molecule has 2 amide bonds. The highest BCUT2D eigenvalue weighted by Gasteiger charge is 2.34. The van der Waals surface area contributed by atoms with Gasteiger partial charge in [0.2, 0.25) is 11.8 Å². The number of para-hydroxylation sites is 1. The van der Waals surface area contributed by atoms with Crippen LogP contribution in [0.3, 0.4) is 0 Å². The summed E-state index contributed by atoms with van der Waals surface area (Å²) in [6, 6.07) is 21.4. The van der Waals surface area contributed by atoms with Gasteiger partial charge in [-0.05, 0) is 66.6 Å². The molecule has 0 aliphatic rings. The molecular formula is C31H32N6O4S. The zero-order valence-electron chi connectivity index (χ0n) is 23.9. The average Bonchev–Trinajstić information content (AvgIpc) is 3.64. The zero-order valence-corrected chi connectivity index (χ0v) is 24.7. The highest BCUT2D eigenvalue weighted by Crippen LogP contribution is 2.27. The molecule has 0 bridgehead atoms. The van der Waals surface area contributed by atoms with Gasteiger partial charge in [-0.15, -0.1) is 16.4 Å². The first-order chi connectivity index (χ1) is 20.4. The maximum absolute atomic E-state index is 14.0. The van der Waals surface area contributed by atoms with Crippen molar-refractivity contribution in [1.29, 1.82) is 0 Å². The van der Waals surface area contributed by atoms with Crippen molar-refractivity contribution in [3.05, 3.63) is 83.2 Å². The fraction of sp³-hybridized carbons (Fsp3) is 0.258. The molecule has 1 N–H and O–H groups in total. The van der Waals surface area contributed by atoms with Crippen LogP contribution in [0, 0.1) is 5.92 Å². The molecule has 0 saturated heterocycles. The highest BCUT2D eigenvalue weighted by atomic mass is 32.1. The number of nitrogens with one attached hydrogen (secondary N) is 1. The van der Waals surface area contributed by atoms with Crippen LogP contribution >= 0.6 is 11.3 Å². The molecule has 0 saturated carbocycles. The Labute approximate surface area is 247 Å². The molecule has 0 spiro atoms. The summed E-state index contributed by atoms with van der Waals surface area (Å²) < 4.78 is 12.1. The zero-order chi connectivity index (χ0) is 29.6. The Morgan fingerprint density at radius 1 is 0.952 bits per heavy atom. The number of thiazole rings is 1. The van der Waals surface area contributed by atoms with E-state index in [-0.39, 0.29) is 30.8 Å². The van der Waals surface area contributed by atoms with E-state index in [0.717, 1.165) is 22.5 Å². The van der Waals surface area contributed by atoms with Crippen LogP contribution in [-0.2, 0) is 22.7 Å². The largest absolute Gasteiger partial charge is 0.497 e. The molecular weight excluding hydrogens is 552 g/mol. The fourth-order valence-corrected chi connectivity index (χ4v) is 5.51. The molecule has 216 valence electrons. The summed E-state index contributed by atoms with van der Waals surface area (Å²) >= 11 is 1.44.